The minimum absolute atomic E-state index is 0.0339. The van der Waals surface area contributed by atoms with Crippen LogP contribution in [0.2, 0.25) is 0 Å². The molecule has 0 aliphatic rings. The Morgan fingerprint density at radius 3 is 2.27 bits per heavy atom. The molecule has 16 heteroatoms. The van der Waals surface area contributed by atoms with Crippen molar-refractivity contribution in [1.29, 1.82) is 0 Å². The lowest BCUT2D eigenvalue weighted by Crippen LogP contribution is -2.49. The van der Waals surface area contributed by atoms with Crippen LogP contribution in [-0.4, -0.2) is 72.3 Å². The number of nitrogens with two attached hydrogens (primary N) is 1. The van der Waals surface area contributed by atoms with Gasteiger partial charge >= 0.3 is 11.9 Å². The second kappa shape index (κ2) is 23.7. The van der Waals surface area contributed by atoms with Gasteiger partial charge in [-0.05, 0) is 87.2 Å². The van der Waals surface area contributed by atoms with Gasteiger partial charge in [-0.15, -0.1) is 0 Å². The van der Waals surface area contributed by atoms with Gasteiger partial charge in [0.15, 0.2) is 5.76 Å². The molecule has 0 spiro atoms. The molecule has 3 aromatic carbocycles. The van der Waals surface area contributed by atoms with Crippen LogP contribution in [0.3, 0.4) is 0 Å². The van der Waals surface area contributed by atoms with Gasteiger partial charge in [-0.2, -0.15) is 5.06 Å². The molecular formula is C46H55N5O11. The summed E-state index contributed by atoms with van der Waals surface area (Å²) in [4.78, 5) is 96.0. The number of nitrogens with one attached hydrogen (secondary N) is 3. The van der Waals surface area contributed by atoms with Gasteiger partial charge < -0.3 is 40.4 Å². The minimum atomic E-state index is -1.24. The van der Waals surface area contributed by atoms with Crippen molar-refractivity contribution in [2.45, 2.75) is 91.8 Å². The van der Waals surface area contributed by atoms with Crippen molar-refractivity contribution in [3.8, 4) is 17.1 Å². The van der Waals surface area contributed by atoms with Gasteiger partial charge in [0.25, 0.3) is 11.8 Å². The molecular weight excluding hydrogens is 799 g/mol. The number of amides is 4. The number of furan rings is 1. The Bertz CT molecular complexity index is 2190. The smallest absolute Gasteiger partial charge is 0.363 e. The molecule has 0 bridgehead atoms. The largest absolute Gasteiger partial charge is 0.493 e. The number of esters is 1. The molecule has 0 unspecified atom stereocenters. The van der Waals surface area contributed by atoms with Gasteiger partial charge in [-0.1, -0.05) is 69.5 Å². The first-order valence-corrected chi connectivity index (χ1v) is 20.6. The van der Waals surface area contributed by atoms with Crippen LogP contribution in [0.4, 0.5) is 5.69 Å². The Morgan fingerprint density at radius 2 is 1.61 bits per heavy atom. The maximum Gasteiger partial charge on any atom is 0.363 e. The van der Waals surface area contributed by atoms with Gasteiger partial charge in [-0.25, -0.2) is 9.59 Å². The lowest BCUT2D eigenvalue weighted by Gasteiger charge is -2.32. The number of carbonyl (C=O) groups is 7. The summed E-state index contributed by atoms with van der Waals surface area (Å²) in [6, 6.07) is 19.2. The van der Waals surface area contributed by atoms with Crippen molar-refractivity contribution in [2.24, 2.45) is 5.92 Å². The van der Waals surface area contributed by atoms with E-state index in [0.717, 1.165) is 23.5 Å². The third-order valence-electron chi connectivity index (χ3n) is 9.88. The number of rotatable bonds is 24. The summed E-state index contributed by atoms with van der Waals surface area (Å²) in [7, 11) is 0. The maximum absolute atomic E-state index is 13.6. The summed E-state index contributed by atoms with van der Waals surface area (Å²) in [5.41, 5.74) is 8.37. The first-order chi connectivity index (χ1) is 29.8. The molecule has 0 aliphatic heterocycles. The Morgan fingerprint density at radius 1 is 0.871 bits per heavy atom. The van der Waals surface area contributed by atoms with E-state index in [1.807, 2.05) is 13.0 Å². The van der Waals surface area contributed by atoms with Gasteiger partial charge in [0.05, 0.1) is 36.4 Å². The molecule has 1 aromatic heterocycles. The molecule has 0 fully saturated rings. The molecule has 330 valence electrons. The van der Waals surface area contributed by atoms with E-state index < -0.39 is 47.7 Å². The number of Topliss-reactive ketones (excluding diaryl/α,β-unsaturated/α-hetero) is 1. The van der Waals surface area contributed by atoms with Crippen LogP contribution in [0.1, 0.15) is 109 Å². The number of ketones is 1. The zero-order chi connectivity index (χ0) is 45.2. The third kappa shape index (κ3) is 13.5. The molecule has 5 N–H and O–H groups in total. The number of unbranched alkanes of at least 4 members (excludes halogenated alkanes) is 2. The highest BCUT2D eigenvalue weighted by atomic mass is 16.7. The van der Waals surface area contributed by atoms with Crippen molar-refractivity contribution in [1.82, 2.24) is 21.0 Å². The number of carbonyl (C=O) groups excluding carboxylic acids is 7. The van der Waals surface area contributed by atoms with Crippen LogP contribution in [0.15, 0.2) is 83.3 Å². The first-order valence-electron chi connectivity index (χ1n) is 20.6. The highest BCUT2D eigenvalue weighted by molar-refractivity contribution is 6.00. The SMILES string of the molecule is CCCCC[C@@H](C(=O)NCNC(=O)c1ccc(-c2ccc(C(=O)N[C@@H](CC(C)=O)C(=O)OCc3ccccc3)c(OCC)c2)o1)[C@@H](CC)N(C=O)OC(=O)c1ccc(N)cc1C. The van der Waals surface area contributed by atoms with E-state index in [2.05, 4.69) is 16.0 Å². The number of hydroxylamine groups is 2. The van der Waals surface area contributed by atoms with Gasteiger partial charge in [0.2, 0.25) is 12.3 Å². The predicted octanol–water partition coefficient (Wildman–Crippen LogP) is 6.07. The lowest BCUT2D eigenvalue weighted by atomic mass is 9.90. The molecule has 4 aromatic rings. The van der Waals surface area contributed by atoms with E-state index in [9.17, 15) is 33.6 Å². The zero-order valence-corrected chi connectivity index (χ0v) is 35.7. The van der Waals surface area contributed by atoms with Gasteiger partial charge in [-0.3, -0.25) is 24.0 Å². The number of nitrogen functional groups attached to an aromatic ring is 1. The lowest BCUT2D eigenvalue weighted by molar-refractivity contribution is -0.171. The Hall–Kier alpha value is -6.97. The normalized spacial score (nSPS) is 12.2. The Kier molecular flexibility index (Phi) is 18.3. The van der Waals surface area contributed by atoms with E-state index in [4.69, 9.17) is 24.5 Å². The monoisotopic (exact) mass is 853 g/mol. The fraction of sp³-hybridized carbons (Fsp3) is 0.370. The van der Waals surface area contributed by atoms with E-state index in [-0.39, 0.29) is 60.5 Å². The summed E-state index contributed by atoms with van der Waals surface area (Å²) in [5, 5.41) is 8.80. The quantitative estimate of drug-likeness (QED) is 0.0158. The molecule has 4 amide bonds. The number of hydrogen-bond acceptors (Lipinski definition) is 12. The zero-order valence-electron chi connectivity index (χ0n) is 35.7. The fourth-order valence-corrected chi connectivity index (χ4v) is 6.71. The van der Waals surface area contributed by atoms with Crippen molar-refractivity contribution in [3.05, 3.63) is 107 Å². The van der Waals surface area contributed by atoms with Crippen LogP contribution in [0, 0.1) is 12.8 Å². The summed E-state index contributed by atoms with van der Waals surface area (Å²) in [5.74, 6) is -4.03. The average Bonchev–Trinajstić information content (AvgIpc) is 3.75. The Labute approximate surface area is 360 Å². The van der Waals surface area contributed by atoms with Crippen molar-refractivity contribution >= 4 is 47.5 Å². The Balaban J connectivity index is 1.41. The van der Waals surface area contributed by atoms with Gasteiger partial charge in [0.1, 0.15) is 29.9 Å². The third-order valence-corrected chi connectivity index (χ3v) is 9.88. The van der Waals surface area contributed by atoms with Crippen molar-refractivity contribution in [3.63, 3.8) is 0 Å². The van der Waals surface area contributed by atoms with E-state index >= 15 is 0 Å². The summed E-state index contributed by atoms with van der Waals surface area (Å²) >= 11 is 0. The first kappa shape index (κ1) is 47.7. The topological polar surface area (TPSA) is 226 Å². The van der Waals surface area contributed by atoms with E-state index in [1.54, 1.807) is 75.4 Å². The predicted molar refractivity (Wildman–Crippen MR) is 229 cm³/mol. The van der Waals surface area contributed by atoms with Crippen LogP contribution >= 0.6 is 0 Å². The summed E-state index contributed by atoms with van der Waals surface area (Å²) in [6.07, 6.45) is 3.18. The van der Waals surface area contributed by atoms with E-state index in [0.29, 0.717) is 42.5 Å². The standard InChI is InChI=1S/C46H55N5O11/c1-6-9-11-16-35(38(7-2)51(28-52)62-45(57)34-20-18-33(47)23-29(34)4)42(54)48-27-49-44(56)40-22-21-39(61-40)32-17-19-36(41(25-32)59-8-3)43(55)50-37(24-30(5)53)46(58)60-26-31-14-12-10-13-15-31/h10,12-15,17-23,25,28,35,37-38H,6-9,11,16,24,26-27,47H2,1-5H3,(H,48,54)(H,49,56)(H,50,55)/t35-,37+,38-/m1/s1. The fourth-order valence-electron chi connectivity index (χ4n) is 6.71. The molecule has 0 aliphatic carbocycles. The molecule has 0 radical (unpaired) electrons. The van der Waals surface area contributed by atoms with Crippen LogP contribution in [-0.2, 0) is 35.4 Å². The van der Waals surface area contributed by atoms with Crippen molar-refractivity contribution < 1.29 is 52.3 Å². The number of aryl methyl sites for hydroxylation is 1. The molecule has 3 atom stereocenters. The molecule has 1 heterocycles. The number of anilines is 1. The van der Waals surface area contributed by atoms with E-state index in [1.165, 1.54) is 25.1 Å². The minimum Gasteiger partial charge on any atom is -0.493 e. The van der Waals surface area contributed by atoms with Crippen LogP contribution in [0.5, 0.6) is 5.75 Å². The second-order valence-electron chi connectivity index (χ2n) is 14.6. The highest BCUT2D eigenvalue weighted by Gasteiger charge is 2.34. The second-order valence-corrected chi connectivity index (χ2v) is 14.6. The summed E-state index contributed by atoms with van der Waals surface area (Å²) < 4.78 is 17.0. The van der Waals surface area contributed by atoms with Crippen molar-refractivity contribution in [2.75, 3.05) is 19.0 Å². The highest BCUT2D eigenvalue weighted by Crippen LogP contribution is 2.30. The number of nitrogens with zero attached hydrogens (tertiary/aromatic N) is 1. The van der Waals surface area contributed by atoms with Crippen LogP contribution in [0.25, 0.3) is 11.3 Å². The number of hydrogen-bond donors (Lipinski definition) is 4. The molecule has 0 saturated carbocycles. The van der Waals surface area contributed by atoms with Crippen LogP contribution < -0.4 is 26.4 Å². The maximum atomic E-state index is 13.6. The molecule has 4 rings (SSSR count). The number of benzene rings is 3. The summed E-state index contributed by atoms with van der Waals surface area (Å²) in [6.45, 7) is 8.41. The molecule has 16 nitrogen and oxygen atoms in total. The average molecular weight is 854 g/mol. The molecule has 0 saturated heterocycles. The molecule has 62 heavy (non-hydrogen) atoms. The van der Waals surface area contributed by atoms with Gasteiger partial charge in [0, 0.05) is 17.7 Å². The number of ether oxygens (including phenoxy) is 2.